The Morgan fingerprint density at radius 1 is 1.15 bits per heavy atom. The lowest BCUT2D eigenvalue weighted by Gasteiger charge is -2.09. The minimum absolute atomic E-state index is 0.0275. The molecule has 0 aliphatic heterocycles. The van der Waals surface area contributed by atoms with Crippen molar-refractivity contribution in [3.8, 4) is 0 Å². The zero-order chi connectivity index (χ0) is 19.6. The molecule has 3 rings (SSSR count). The van der Waals surface area contributed by atoms with Crippen molar-refractivity contribution >= 4 is 43.2 Å². The summed E-state index contributed by atoms with van der Waals surface area (Å²) in [6, 6.07) is 12.4. The van der Waals surface area contributed by atoms with E-state index in [2.05, 4.69) is 4.72 Å². The fraction of sp³-hybridized carbons (Fsp3) is 0.316. The molecule has 8 heteroatoms. The SMILES string of the molecule is CC(C)n1c(=O)sc2cc(S(=O)(=O)NCCCc3ccc(Cl)cc3)ccc21. The second kappa shape index (κ2) is 8.14. The fourth-order valence-electron chi connectivity index (χ4n) is 2.91. The Balaban J connectivity index is 1.69. The molecule has 144 valence electrons. The molecule has 1 heterocycles. The number of aryl methyl sites for hydroxylation is 1. The summed E-state index contributed by atoms with van der Waals surface area (Å²) in [7, 11) is -3.61. The Kier molecular flexibility index (Phi) is 6.05. The maximum Gasteiger partial charge on any atom is 0.308 e. The third-order valence-corrected chi connectivity index (χ3v) is 6.89. The number of nitrogens with one attached hydrogen (secondary N) is 1. The molecule has 0 atom stereocenters. The number of hydrogen-bond donors (Lipinski definition) is 1. The first-order valence-corrected chi connectivity index (χ1v) is 11.3. The molecular weight excluding hydrogens is 404 g/mol. The van der Waals surface area contributed by atoms with Gasteiger partial charge in [-0.1, -0.05) is 35.1 Å². The predicted molar refractivity (Wildman–Crippen MR) is 111 cm³/mol. The smallest absolute Gasteiger partial charge is 0.296 e. The van der Waals surface area contributed by atoms with Crippen LogP contribution in [0.25, 0.3) is 10.2 Å². The molecule has 0 saturated heterocycles. The van der Waals surface area contributed by atoms with Gasteiger partial charge in [0, 0.05) is 17.6 Å². The summed E-state index contributed by atoms with van der Waals surface area (Å²) in [4.78, 5) is 12.2. The third-order valence-electron chi connectivity index (χ3n) is 4.26. The van der Waals surface area contributed by atoms with Crippen molar-refractivity contribution in [2.45, 2.75) is 37.6 Å². The van der Waals surface area contributed by atoms with E-state index >= 15 is 0 Å². The second-order valence-electron chi connectivity index (χ2n) is 6.59. The number of rotatable bonds is 7. The van der Waals surface area contributed by atoms with Crippen LogP contribution in [0.5, 0.6) is 0 Å². The number of fused-ring (bicyclic) bond motifs is 1. The highest BCUT2D eigenvalue weighted by atomic mass is 35.5. The van der Waals surface area contributed by atoms with E-state index in [1.807, 2.05) is 38.1 Å². The van der Waals surface area contributed by atoms with Gasteiger partial charge in [-0.3, -0.25) is 9.36 Å². The van der Waals surface area contributed by atoms with Gasteiger partial charge < -0.3 is 0 Å². The zero-order valence-corrected chi connectivity index (χ0v) is 17.5. The molecule has 0 radical (unpaired) electrons. The van der Waals surface area contributed by atoms with Crippen LogP contribution in [0.15, 0.2) is 52.2 Å². The summed E-state index contributed by atoms with van der Waals surface area (Å²) < 4.78 is 30.1. The Morgan fingerprint density at radius 3 is 2.52 bits per heavy atom. The normalized spacial score (nSPS) is 12.1. The zero-order valence-electron chi connectivity index (χ0n) is 15.1. The van der Waals surface area contributed by atoms with Crippen LogP contribution in [0, 0.1) is 0 Å². The van der Waals surface area contributed by atoms with E-state index in [4.69, 9.17) is 11.6 Å². The first-order chi connectivity index (χ1) is 12.8. The number of thiazole rings is 1. The second-order valence-corrected chi connectivity index (χ2v) is 9.79. The van der Waals surface area contributed by atoms with Gasteiger partial charge in [0.25, 0.3) is 0 Å². The third kappa shape index (κ3) is 4.60. The van der Waals surface area contributed by atoms with Gasteiger partial charge in [-0.15, -0.1) is 0 Å². The van der Waals surface area contributed by atoms with Gasteiger partial charge in [0.15, 0.2) is 0 Å². The topological polar surface area (TPSA) is 68.2 Å². The van der Waals surface area contributed by atoms with E-state index in [9.17, 15) is 13.2 Å². The average molecular weight is 425 g/mol. The number of hydrogen-bond acceptors (Lipinski definition) is 4. The largest absolute Gasteiger partial charge is 0.308 e. The first-order valence-electron chi connectivity index (χ1n) is 8.67. The lowest BCUT2D eigenvalue weighted by molar-refractivity contribution is 0.579. The van der Waals surface area contributed by atoms with Crippen LogP contribution in [0.4, 0.5) is 0 Å². The molecule has 0 unspecified atom stereocenters. The van der Waals surface area contributed by atoms with Crippen LogP contribution in [0.1, 0.15) is 31.9 Å². The number of nitrogens with zero attached hydrogens (tertiary/aromatic N) is 1. The molecule has 5 nitrogen and oxygen atoms in total. The lowest BCUT2D eigenvalue weighted by atomic mass is 10.1. The van der Waals surface area contributed by atoms with E-state index in [1.165, 1.54) is 0 Å². The van der Waals surface area contributed by atoms with Gasteiger partial charge >= 0.3 is 4.87 Å². The molecular formula is C19H21ClN2O3S2. The van der Waals surface area contributed by atoms with E-state index < -0.39 is 10.0 Å². The van der Waals surface area contributed by atoms with Crippen molar-refractivity contribution < 1.29 is 8.42 Å². The molecule has 0 aliphatic rings. The molecule has 0 aliphatic carbocycles. The van der Waals surface area contributed by atoms with Crippen LogP contribution < -0.4 is 9.60 Å². The molecule has 2 aromatic carbocycles. The molecule has 0 saturated carbocycles. The Bertz CT molecular complexity index is 1100. The summed E-state index contributed by atoms with van der Waals surface area (Å²) in [5, 5.41) is 0.684. The molecule has 0 fully saturated rings. The first kappa shape index (κ1) is 20.1. The fourth-order valence-corrected chi connectivity index (χ4v) is 5.26. The standard InChI is InChI=1S/C19H21ClN2O3S2/c1-13(2)22-17-10-9-16(12-18(17)26-19(22)23)27(24,25)21-11-3-4-14-5-7-15(20)8-6-14/h5-10,12-13,21H,3-4,11H2,1-2H3. The van der Waals surface area contributed by atoms with Crippen molar-refractivity contribution in [1.82, 2.24) is 9.29 Å². The van der Waals surface area contributed by atoms with Crippen molar-refractivity contribution in [3.05, 3.63) is 62.7 Å². The number of benzene rings is 2. The van der Waals surface area contributed by atoms with Crippen molar-refractivity contribution in [2.75, 3.05) is 6.54 Å². The summed E-state index contributed by atoms with van der Waals surface area (Å²) in [5.41, 5.74) is 1.88. The van der Waals surface area contributed by atoms with Crippen molar-refractivity contribution in [2.24, 2.45) is 0 Å². The van der Waals surface area contributed by atoms with E-state index in [-0.39, 0.29) is 15.8 Å². The number of aromatic nitrogens is 1. The summed E-state index contributed by atoms with van der Waals surface area (Å²) in [6.45, 7) is 4.20. The Labute approximate surface area is 167 Å². The molecule has 0 bridgehead atoms. The van der Waals surface area contributed by atoms with E-state index in [0.29, 0.717) is 22.7 Å². The van der Waals surface area contributed by atoms with E-state index in [1.54, 1.807) is 22.8 Å². The molecule has 1 aromatic heterocycles. The summed E-state index contributed by atoms with van der Waals surface area (Å²) in [6.07, 6.45) is 1.44. The van der Waals surface area contributed by atoms with Crippen LogP contribution in [0.3, 0.4) is 0 Å². The van der Waals surface area contributed by atoms with Gasteiger partial charge in [-0.05, 0) is 62.6 Å². The van der Waals surface area contributed by atoms with Crippen molar-refractivity contribution in [3.63, 3.8) is 0 Å². The Hall–Kier alpha value is -1.67. The van der Waals surface area contributed by atoms with Gasteiger partial charge in [0.1, 0.15) is 0 Å². The number of sulfonamides is 1. The maximum absolute atomic E-state index is 12.5. The highest BCUT2D eigenvalue weighted by Gasteiger charge is 2.17. The minimum Gasteiger partial charge on any atom is -0.296 e. The Morgan fingerprint density at radius 2 is 1.85 bits per heavy atom. The van der Waals surface area contributed by atoms with E-state index in [0.717, 1.165) is 28.8 Å². The monoisotopic (exact) mass is 424 g/mol. The lowest BCUT2D eigenvalue weighted by Crippen LogP contribution is -2.25. The summed E-state index contributed by atoms with van der Waals surface area (Å²) in [5.74, 6) is 0. The van der Waals surface area contributed by atoms with Crippen LogP contribution >= 0.6 is 22.9 Å². The van der Waals surface area contributed by atoms with Gasteiger partial charge in [-0.25, -0.2) is 13.1 Å². The molecule has 1 N–H and O–H groups in total. The molecule has 0 amide bonds. The highest BCUT2D eigenvalue weighted by molar-refractivity contribution is 7.89. The number of halogens is 1. The predicted octanol–water partition coefficient (Wildman–Crippen LogP) is 4.21. The van der Waals surface area contributed by atoms with Gasteiger partial charge in [-0.2, -0.15) is 0 Å². The maximum atomic E-state index is 12.5. The van der Waals surface area contributed by atoms with Gasteiger partial charge in [0.2, 0.25) is 10.0 Å². The van der Waals surface area contributed by atoms with Crippen LogP contribution in [0.2, 0.25) is 5.02 Å². The average Bonchev–Trinajstić information content (AvgIpc) is 2.95. The van der Waals surface area contributed by atoms with Crippen LogP contribution in [-0.4, -0.2) is 19.5 Å². The molecule has 27 heavy (non-hydrogen) atoms. The quantitative estimate of drug-likeness (QED) is 0.577. The molecule has 0 spiro atoms. The minimum atomic E-state index is -3.61. The highest BCUT2D eigenvalue weighted by Crippen LogP contribution is 2.24. The van der Waals surface area contributed by atoms with Crippen LogP contribution in [-0.2, 0) is 16.4 Å². The molecule has 3 aromatic rings. The van der Waals surface area contributed by atoms with Gasteiger partial charge in [0.05, 0.1) is 15.1 Å². The summed E-state index contributed by atoms with van der Waals surface area (Å²) >= 11 is 6.93. The van der Waals surface area contributed by atoms with Crippen molar-refractivity contribution in [1.29, 1.82) is 0 Å².